The molecule has 2 N–H and O–H groups in total. The molecule has 2 aromatic rings. The second-order valence-electron chi connectivity index (χ2n) is 6.22. The van der Waals surface area contributed by atoms with Gasteiger partial charge in [0.2, 0.25) is 5.91 Å². The minimum atomic E-state index is 0.221. The van der Waals surface area contributed by atoms with Crippen LogP contribution in [0.25, 0.3) is 0 Å². The minimum Gasteiger partial charge on any atom is -0.497 e. The second-order valence-corrected chi connectivity index (χ2v) is 7.11. The smallest absolute Gasteiger partial charge is 0.222 e. The van der Waals surface area contributed by atoms with E-state index in [9.17, 15) is 4.79 Å². The Hall–Kier alpha value is -2.08. The van der Waals surface area contributed by atoms with E-state index in [1.165, 1.54) is 16.9 Å². The quantitative estimate of drug-likeness (QED) is 0.874. The van der Waals surface area contributed by atoms with Crippen molar-refractivity contribution in [2.45, 2.75) is 25.7 Å². The average molecular weight is 345 g/mol. The third-order valence-electron chi connectivity index (χ3n) is 4.49. The Morgan fingerprint density at radius 2 is 2.21 bits per heavy atom. The van der Waals surface area contributed by atoms with Crippen LogP contribution in [-0.2, 0) is 17.6 Å². The molecule has 24 heavy (non-hydrogen) atoms. The number of hydrogen-bond donors (Lipinski definition) is 1. The lowest BCUT2D eigenvalue weighted by Crippen LogP contribution is -2.29. The molecule has 5 nitrogen and oxygen atoms in total. The zero-order valence-electron chi connectivity index (χ0n) is 13.9. The van der Waals surface area contributed by atoms with Crippen LogP contribution in [0.2, 0.25) is 0 Å². The van der Waals surface area contributed by atoms with Gasteiger partial charge in [-0.05, 0) is 42.9 Å². The molecule has 0 spiro atoms. The summed E-state index contributed by atoms with van der Waals surface area (Å²) in [6.07, 6.45) is 3.27. The first-order valence-corrected chi connectivity index (χ1v) is 9.12. The highest BCUT2D eigenvalue weighted by molar-refractivity contribution is 7.13. The molecule has 1 fully saturated rings. The number of hydrogen-bond acceptors (Lipinski definition) is 5. The van der Waals surface area contributed by atoms with Gasteiger partial charge in [-0.2, -0.15) is 0 Å². The number of methoxy groups -OCH3 is 1. The first kappa shape index (κ1) is 16.8. The summed E-state index contributed by atoms with van der Waals surface area (Å²) < 4.78 is 5.19. The van der Waals surface area contributed by atoms with Crippen molar-refractivity contribution in [2.75, 3.05) is 25.9 Å². The van der Waals surface area contributed by atoms with Crippen molar-refractivity contribution in [3.05, 3.63) is 40.9 Å². The zero-order chi connectivity index (χ0) is 16.9. The molecule has 3 rings (SSSR count). The first-order valence-electron chi connectivity index (χ1n) is 8.24. The Kier molecular flexibility index (Phi) is 5.35. The van der Waals surface area contributed by atoms with Crippen molar-refractivity contribution in [3.8, 4) is 5.75 Å². The number of anilines is 1. The number of carbonyl (C=O) groups excluding carboxylic acids is 1. The molecule has 1 aromatic heterocycles. The summed E-state index contributed by atoms with van der Waals surface area (Å²) in [6.45, 7) is 1.71. The number of ether oxygens (including phenoxy) is 1. The van der Waals surface area contributed by atoms with Crippen LogP contribution in [0.3, 0.4) is 0 Å². The maximum absolute atomic E-state index is 12.4. The third kappa shape index (κ3) is 4.26. The number of amides is 1. The average Bonchev–Trinajstić information content (AvgIpc) is 3.22. The van der Waals surface area contributed by atoms with Crippen molar-refractivity contribution in [3.63, 3.8) is 0 Å². The highest BCUT2D eigenvalue weighted by Crippen LogP contribution is 2.23. The molecule has 0 bridgehead atoms. The van der Waals surface area contributed by atoms with Gasteiger partial charge >= 0.3 is 0 Å². The summed E-state index contributed by atoms with van der Waals surface area (Å²) in [6, 6.07) is 8.20. The van der Waals surface area contributed by atoms with Crippen LogP contribution in [-0.4, -0.2) is 36.0 Å². The molecule has 2 heterocycles. The molecular formula is C18H23N3O2S. The van der Waals surface area contributed by atoms with Gasteiger partial charge in [-0.25, -0.2) is 4.98 Å². The predicted molar refractivity (Wildman–Crippen MR) is 96.2 cm³/mol. The van der Waals surface area contributed by atoms with E-state index >= 15 is 0 Å². The van der Waals surface area contributed by atoms with Crippen LogP contribution in [0.15, 0.2) is 29.6 Å². The standard InChI is InChI=1S/C18H23N3O2S/c1-23-16-5-2-13(3-6-16)10-14-8-9-21(11-14)17(22)7-4-15-12-24-18(19)20-15/h2-3,5-6,12,14H,4,7-11H2,1H3,(H2,19,20). The molecule has 0 saturated carbocycles. The number of nitrogens with two attached hydrogens (primary N) is 1. The lowest BCUT2D eigenvalue weighted by molar-refractivity contribution is -0.130. The summed E-state index contributed by atoms with van der Waals surface area (Å²) in [5, 5.41) is 2.50. The number of nitrogen functional groups attached to an aromatic ring is 1. The van der Waals surface area contributed by atoms with E-state index in [1.807, 2.05) is 22.4 Å². The molecule has 0 aliphatic carbocycles. The monoisotopic (exact) mass is 345 g/mol. The molecule has 6 heteroatoms. The third-order valence-corrected chi connectivity index (χ3v) is 5.21. The Morgan fingerprint density at radius 3 is 2.88 bits per heavy atom. The van der Waals surface area contributed by atoms with E-state index in [0.29, 0.717) is 23.9 Å². The van der Waals surface area contributed by atoms with E-state index in [4.69, 9.17) is 10.5 Å². The molecule has 0 radical (unpaired) electrons. The molecule has 128 valence electrons. The van der Waals surface area contributed by atoms with E-state index in [2.05, 4.69) is 17.1 Å². The highest BCUT2D eigenvalue weighted by atomic mass is 32.1. The number of carbonyl (C=O) groups is 1. The van der Waals surface area contributed by atoms with E-state index in [1.54, 1.807) is 7.11 Å². The van der Waals surface area contributed by atoms with Crippen LogP contribution in [0.5, 0.6) is 5.75 Å². The van der Waals surface area contributed by atoms with Crippen LogP contribution >= 0.6 is 11.3 Å². The maximum Gasteiger partial charge on any atom is 0.222 e. The summed E-state index contributed by atoms with van der Waals surface area (Å²) in [4.78, 5) is 18.6. The Balaban J connectivity index is 1.46. The van der Waals surface area contributed by atoms with Crippen LogP contribution < -0.4 is 10.5 Å². The van der Waals surface area contributed by atoms with Crippen LogP contribution in [0.4, 0.5) is 5.13 Å². The molecular weight excluding hydrogens is 322 g/mol. The lowest BCUT2D eigenvalue weighted by atomic mass is 9.99. The molecule has 1 unspecified atom stereocenters. The summed E-state index contributed by atoms with van der Waals surface area (Å²) in [5.41, 5.74) is 7.84. The molecule has 1 aliphatic rings. The normalized spacial score (nSPS) is 17.2. The maximum atomic E-state index is 12.4. The molecule has 1 atom stereocenters. The van der Waals surface area contributed by atoms with E-state index in [0.717, 1.165) is 37.4 Å². The van der Waals surface area contributed by atoms with Gasteiger partial charge in [0.05, 0.1) is 12.8 Å². The second kappa shape index (κ2) is 7.66. The number of aromatic nitrogens is 1. The fourth-order valence-electron chi connectivity index (χ4n) is 3.15. The molecule has 1 amide bonds. The minimum absolute atomic E-state index is 0.221. The van der Waals surface area contributed by atoms with Crippen LogP contribution in [0, 0.1) is 5.92 Å². The summed E-state index contributed by atoms with van der Waals surface area (Å²) in [7, 11) is 1.68. The first-order chi connectivity index (χ1) is 11.6. The van der Waals surface area contributed by atoms with Crippen molar-refractivity contribution >= 4 is 22.4 Å². The Labute approximate surface area is 146 Å². The number of likely N-dealkylation sites (tertiary alicyclic amines) is 1. The summed E-state index contributed by atoms with van der Waals surface area (Å²) in [5.74, 6) is 1.64. The van der Waals surface area contributed by atoms with Gasteiger partial charge in [0, 0.05) is 24.9 Å². The molecule has 1 saturated heterocycles. The van der Waals surface area contributed by atoms with Gasteiger partial charge in [0.1, 0.15) is 5.75 Å². The van der Waals surface area contributed by atoms with Gasteiger partial charge < -0.3 is 15.4 Å². The van der Waals surface area contributed by atoms with Crippen molar-refractivity contribution in [1.82, 2.24) is 9.88 Å². The fourth-order valence-corrected chi connectivity index (χ4v) is 3.75. The number of benzene rings is 1. The number of aryl methyl sites for hydroxylation is 1. The summed E-state index contributed by atoms with van der Waals surface area (Å²) >= 11 is 1.43. The molecule has 1 aliphatic heterocycles. The van der Waals surface area contributed by atoms with Gasteiger partial charge in [0.25, 0.3) is 0 Å². The van der Waals surface area contributed by atoms with Gasteiger partial charge in [0.15, 0.2) is 5.13 Å². The van der Waals surface area contributed by atoms with Crippen LogP contribution in [0.1, 0.15) is 24.1 Å². The fraction of sp³-hybridized carbons (Fsp3) is 0.444. The number of rotatable bonds is 6. The lowest BCUT2D eigenvalue weighted by Gasteiger charge is -2.16. The van der Waals surface area contributed by atoms with Gasteiger partial charge in [-0.15, -0.1) is 11.3 Å². The van der Waals surface area contributed by atoms with Crippen molar-refractivity contribution in [1.29, 1.82) is 0 Å². The molecule has 1 aromatic carbocycles. The Bertz CT molecular complexity index is 684. The topological polar surface area (TPSA) is 68.5 Å². The number of nitrogens with zero attached hydrogens (tertiary/aromatic N) is 2. The van der Waals surface area contributed by atoms with E-state index in [-0.39, 0.29) is 5.91 Å². The number of thiazole rings is 1. The predicted octanol–water partition coefficient (Wildman–Crippen LogP) is 2.76. The van der Waals surface area contributed by atoms with Gasteiger partial charge in [-0.1, -0.05) is 12.1 Å². The largest absolute Gasteiger partial charge is 0.497 e. The van der Waals surface area contributed by atoms with Crippen molar-refractivity contribution < 1.29 is 9.53 Å². The van der Waals surface area contributed by atoms with Crippen molar-refractivity contribution in [2.24, 2.45) is 5.92 Å². The van der Waals surface area contributed by atoms with E-state index < -0.39 is 0 Å². The zero-order valence-corrected chi connectivity index (χ0v) is 14.7. The highest BCUT2D eigenvalue weighted by Gasteiger charge is 2.26. The SMILES string of the molecule is COc1ccc(CC2CCN(C(=O)CCc3csc(N)n3)C2)cc1. The Morgan fingerprint density at radius 1 is 1.42 bits per heavy atom. The van der Waals surface area contributed by atoms with Gasteiger partial charge in [-0.3, -0.25) is 4.79 Å².